The van der Waals surface area contributed by atoms with Crippen molar-refractivity contribution in [1.82, 2.24) is 5.32 Å². The second kappa shape index (κ2) is 7.58. The maximum Gasteiger partial charge on any atom is 0.253 e. The molecule has 0 saturated heterocycles. The van der Waals surface area contributed by atoms with E-state index in [2.05, 4.69) is 5.32 Å². The van der Waals surface area contributed by atoms with E-state index in [0.29, 0.717) is 12.2 Å². The highest BCUT2D eigenvalue weighted by atomic mass is 35.5. The largest absolute Gasteiger partial charge is 0.348 e. The maximum atomic E-state index is 12.6. The number of rotatable bonds is 5. The van der Waals surface area contributed by atoms with Gasteiger partial charge < -0.3 is 5.32 Å². The van der Waals surface area contributed by atoms with E-state index < -0.39 is 10.0 Å². The van der Waals surface area contributed by atoms with Crippen LogP contribution in [0, 0.1) is 0 Å². The third-order valence-electron chi connectivity index (χ3n) is 4.37. The Morgan fingerprint density at radius 2 is 1.78 bits per heavy atom. The summed E-state index contributed by atoms with van der Waals surface area (Å²) >= 11 is 6.16. The van der Waals surface area contributed by atoms with Crippen LogP contribution in [0.2, 0.25) is 5.02 Å². The summed E-state index contributed by atoms with van der Waals surface area (Å²) in [6.45, 7) is 0.336. The molecule has 0 radical (unpaired) electrons. The molecule has 0 spiro atoms. The number of benzene rings is 3. The van der Waals surface area contributed by atoms with Crippen molar-refractivity contribution >= 4 is 44.0 Å². The maximum absolute atomic E-state index is 12.6. The molecule has 3 aromatic carbocycles. The summed E-state index contributed by atoms with van der Waals surface area (Å²) in [7, 11) is -2.01. The zero-order valence-electron chi connectivity index (χ0n) is 14.9. The van der Waals surface area contributed by atoms with Gasteiger partial charge in [0.2, 0.25) is 10.0 Å². The van der Waals surface area contributed by atoms with Crippen LogP contribution in [0.1, 0.15) is 15.9 Å². The van der Waals surface area contributed by atoms with Crippen molar-refractivity contribution in [1.29, 1.82) is 0 Å². The van der Waals surface area contributed by atoms with Gasteiger partial charge in [-0.3, -0.25) is 9.10 Å². The predicted octanol–water partition coefficient (Wildman–Crippen LogP) is 3.82. The lowest BCUT2D eigenvalue weighted by Crippen LogP contribution is -2.26. The first-order valence-electron chi connectivity index (χ1n) is 8.25. The highest BCUT2D eigenvalue weighted by molar-refractivity contribution is 7.92. The van der Waals surface area contributed by atoms with Crippen LogP contribution in [0.4, 0.5) is 5.69 Å². The molecule has 0 saturated carbocycles. The number of anilines is 1. The van der Waals surface area contributed by atoms with E-state index in [9.17, 15) is 13.2 Å². The van der Waals surface area contributed by atoms with Crippen LogP contribution < -0.4 is 9.62 Å². The van der Waals surface area contributed by atoms with Gasteiger partial charge in [-0.05, 0) is 34.5 Å². The quantitative estimate of drug-likeness (QED) is 0.705. The molecule has 3 aromatic rings. The van der Waals surface area contributed by atoms with Crippen molar-refractivity contribution in [2.75, 3.05) is 17.6 Å². The second-order valence-electron chi connectivity index (χ2n) is 6.22. The molecular weight excluding hydrogens is 384 g/mol. The van der Waals surface area contributed by atoms with Crippen molar-refractivity contribution in [3.8, 4) is 0 Å². The average molecular weight is 403 g/mol. The first-order chi connectivity index (χ1) is 12.8. The molecule has 0 aliphatic rings. The van der Waals surface area contributed by atoms with Gasteiger partial charge in [-0.15, -0.1) is 0 Å². The molecule has 1 N–H and O–H groups in total. The molecule has 3 rings (SSSR count). The summed E-state index contributed by atoms with van der Waals surface area (Å²) in [4.78, 5) is 12.6. The van der Waals surface area contributed by atoms with Gasteiger partial charge in [0.05, 0.1) is 22.5 Å². The van der Waals surface area contributed by atoms with Gasteiger partial charge in [0.25, 0.3) is 5.91 Å². The molecule has 27 heavy (non-hydrogen) atoms. The highest BCUT2D eigenvalue weighted by Gasteiger charge is 2.17. The van der Waals surface area contributed by atoms with E-state index in [1.54, 1.807) is 6.07 Å². The molecule has 1 amide bonds. The Kier molecular flexibility index (Phi) is 5.39. The molecule has 0 fully saturated rings. The van der Waals surface area contributed by atoms with Crippen molar-refractivity contribution in [3.63, 3.8) is 0 Å². The fourth-order valence-electron chi connectivity index (χ4n) is 2.79. The standard InChI is InChI=1S/C20H19ClN2O3S/c1-23(27(2,25)26)16-10-11-19(21)18(12-16)20(24)22-13-15-8-5-7-14-6-3-4-9-17(14)15/h3-12H,13H2,1-2H3,(H,22,24). The van der Waals surface area contributed by atoms with E-state index in [1.165, 1.54) is 19.2 Å². The van der Waals surface area contributed by atoms with Gasteiger partial charge in [0.15, 0.2) is 0 Å². The Bertz CT molecular complexity index is 1110. The Morgan fingerprint density at radius 1 is 1.07 bits per heavy atom. The topological polar surface area (TPSA) is 66.5 Å². The van der Waals surface area contributed by atoms with Crippen molar-refractivity contribution in [3.05, 3.63) is 76.8 Å². The third-order valence-corrected chi connectivity index (χ3v) is 5.91. The molecule has 0 aliphatic carbocycles. The monoisotopic (exact) mass is 402 g/mol. The first-order valence-corrected chi connectivity index (χ1v) is 10.5. The number of sulfonamides is 1. The zero-order chi connectivity index (χ0) is 19.6. The first kappa shape index (κ1) is 19.2. The molecule has 0 aliphatic heterocycles. The number of carbonyl (C=O) groups excluding carboxylic acids is 1. The highest BCUT2D eigenvalue weighted by Crippen LogP contribution is 2.24. The minimum atomic E-state index is -3.43. The normalized spacial score (nSPS) is 11.4. The van der Waals surface area contributed by atoms with Crippen molar-refractivity contribution in [2.45, 2.75) is 6.54 Å². The zero-order valence-corrected chi connectivity index (χ0v) is 16.5. The van der Waals surface area contributed by atoms with Gasteiger partial charge in [-0.25, -0.2) is 8.42 Å². The van der Waals surface area contributed by atoms with E-state index in [1.807, 2.05) is 42.5 Å². The molecule has 0 bridgehead atoms. The van der Waals surface area contributed by atoms with Crippen LogP contribution in [0.25, 0.3) is 10.8 Å². The summed E-state index contributed by atoms with van der Waals surface area (Å²) < 4.78 is 24.6. The van der Waals surface area contributed by atoms with Crippen LogP contribution in [0.3, 0.4) is 0 Å². The summed E-state index contributed by atoms with van der Waals surface area (Å²) in [5.74, 6) is -0.364. The summed E-state index contributed by atoms with van der Waals surface area (Å²) in [5, 5.41) is 5.28. The minimum absolute atomic E-state index is 0.227. The lowest BCUT2D eigenvalue weighted by molar-refractivity contribution is 0.0951. The van der Waals surface area contributed by atoms with Crippen LogP contribution in [0.5, 0.6) is 0 Å². The molecule has 0 unspecified atom stereocenters. The van der Waals surface area contributed by atoms with E-state index in [4.69, 9.17) is 11.6 Å². The molecular formula is C20H19ClN2O3S. The summed E-state index contributed by atoms with van der Waals surface area (Å²) in [6, 6.07) is 18.4. The smallest absolute Gasteiger partial charge is 0.253 e. The number of fused-ring (bicyclic) bond motifs is 1. The average Bonchev–Trinajstić information content (AvgIpc) is 2.65. The van der Waals surface area contributed by atoms with Crippen LogP contribution in [-0.2, 0) is 16.6 Å². The Morgan fingerprint density at radius 3 is 2.52 bits per heavy atom. The summed E-state index contributed by atoms with van der Waals surface area (Å²) in [5.41, 5.74) is 1.59. The van der Waals surface area contributed by atoms with E-state index in [-0.39, 0.29) is 16.5 Å². The summed E-state index contributed by atoms with van der Waals surface area (Å²) in [6.07, 6.45) is 1.10. The fraction of sp³-hybridized carbons (Fsp3) is 0.150. The Balaban J connectivity index is 1.84. The van der Waals surface area contributed by atoms with Gasteiger partial charge in [0, 0.05) is 13.6 Å². The molecule has 5 nitrogen and oxygen atoms in total. The number of nitrogens with one attached hydrogen (secondary N) is 1. The number of hydrogen-bond acceptors (Lipinski definition) is 3. The number of amides is 1. The molecule has 0 aromatic heterocycles. The lowest BCUT2D eigenvalue weighted by Gasteiger charge is -2.18. The predicted molar refractivity (Wildman–Crippen MR) is 110 cm³/mol. The minimum Gasteiger partial charge on any atom is -0.348 e. The van der Waals surface area contributed by atoms with Gasteiger partial charge in [-0.2, -0.15) is 0 Å². The van der Waals surface area contributed by atoms with Crippen LogP contribution in [0.15, 0.2) is 60.7 Å². The van der Waals surface area contributed by atoms with Gasteiger partial charge in [0.1, 0.15) is 0 Å². The molecule has 140 valence electrons. The van der Waals surface area contributed by atoms with Crippen LogP contribution in [-0.4, -0.2) is 27.6 Å². The SMILES string of the molecule is CN(c1ccc(Cl)c(C(=O)NCc2cccc3ccccc23)c1)S(C)(=O)=O. The molecule has 7 heteroatoms. The molecule has 0 atom stereocenters. The fourth-order valence-corrected chi connectivity index (χ4v) is 3.49. The van der Waals surface area contributed by atoms with Gasteiger partial charge >= 0.3 is 0 Å². The van der Waals surface area contributed by atoms with E-state index >= 15 is 0 Å². The van der Waals surface area contributed by atoms with E-state index in [0.717, 1.165) is 26.9 Å². The number of halogens is 1. The number of carbonyl (C=O) groups is 1. The number of nitrogens with zero attached hydrogens (tertiary/aromatic N) is 1. The Labute approximate surface area is 163 Å². The number of hydrogen-bond donors (Lipinski definition) is 1. The second-order valence-corrected chi connectivity index (χ2v) is 8.64. The lowest BCUT2D eigenvalue weighted by atomic mass is 10.0. The van der Waals surface area contributed by atoms with Gasteiger partial charge in [-0.1, -0.05) is 54.1 Å². The van der Waals surface area contributed by atoms with Crippen molar-refractivity contribution < 1.29 is 13.2 Å². The third kappa shape index (κ3) is 4.23. The van der Waals surface area contributed by atoms with Crippen molar-refractivity contribution in [2.24, 2.45) is 0 Å². The molecule has 0 heterocycles. The Hall–Kier alpha value is -2.57. The van der Waals surface area contributed by atoms with Crippen LogP contribution >= 0.6 is 11.6 Å².